The summed E-state index contributed by atoms with van der Waals surface area (Å²) in [6, 6.07) is 0. The van der Waals surface area contributed by atoms with Crippen molar-refractivity contribution in [2.45, 2.75) is 78.6 Å². The standard InChI is InChI=1S/C20H32/c1-14-8-12-20(3)15(13-14)6-7-16-17-5-4-10-19(17,2)11-9-18(16)20/h6,14,16-18H,4-5,7-13H2,1-3H3/t14?,16-,17-,18+,19-,20-/m0/s1. The highest BCUT2D eigenvalue weighted by Gasteiger charge is 2.55. The van der Waals surface area contributed by atoms with Gasteiger partial charge in [-0.2, -0.15) is 0 Å². The molecule has 0 aromatic rings. The monoisotopic (exact) mass is 272 g/mol. The zero-order valence-corrected chi connectivity index (χ0v) is 13.8. The average Bonchev–Trinajstić information content (AvgIpc) is 2.81. The van der Waals surface area contributed by atoms with Crippen LogP contribution in [0.5, 0.6) is 0 Å². The fraction of sp³-hybridized carbons (Fsp3) is 0.900. The first-order valence-corrected chi connectivity index (χ1v) is 9.22. The van der Waals surface area contributed by atoms with E-state index in [0.717, 1.165) is 23.7 Å². The SMILES string of the molecule is CC1CC[C@@]2(C)C(=CC[C@@H]3[C@H]2CC[C@]2(C)CCC[C@@H]32)C1. The van der Waals surface area contributed by atoms with Gasteiger partial charge in [-0.3, -0.25) is 0 Å². The lowest BCUT2D eigenvalue weighted by Gasteiger charge is -2.57. The van der Waals surface area contributed by atoms with E-state index in [0.29, 0.717) is 10.8 Å². The molecule has 6 atom stereocenters. The third-order valence-corrected chi connectivity index (χ3v) is 8.13. The Bertz CT molecular complexity index is 433. The predicted octanol–water partition coefficient (Wildman–Crippen LogP) is 5.98. The van der Waals surface area contributed by atoms with Gasteiger partial charge in [0, 0.05) is 0 Å². The van der Waals surface area contributed by atoms with Gasteiger partial charge in [0.05, 0.1) is 0 Å². The van der Waals surface area contributed by atoms with E-state index in [9.17, 15) is 0 Å². The number of hydrogen-bond acceptors (Lipinski definition) is 0. The van der Waals surface area contributed by atoms with Crippen molar-refractivity contribution in [2.75, 3.05) is 0 Å². The quantitative estimate of drug-likeness (QED) is 0.476. The predicted molar refractivity (Wildman–Crippen MR) is 85.5 cm³/mol. The molecule has 0 aromatic carbocycles. The first-order chi connectivity index (χ1) is 9.53. The molecule has 1 unspecified atom stereocenters. The minimum Gasteiger partial charge on any atom is -0.0845 e. The first-order valence-electron chi connectivity index (χ1n) is 9.22. The number of fused-ring (bicyclic) bond motifs is 5. The Kier molecular flexibility index (Phi) is 2.93. The van der Waals surface area contributed by atoms with Crippen LogP contribution in [-0.2, 0) is 0 Å². The molecule has 20 heavy (non-hydrogen) atoms. The lowest BCUT2D eigenvalue weighted by molar-refractivity contribution is -0.0281. The maximum Gasteiger partial charge on any atom is -0.00851 e. The van der Waals surface area contributed by atoms with Crippen molar-refractivity contribution in [2.24, 2.45) is 34.5 Å². The summed E-state index contributed by atoms with van der Waals surface area (Å²) in [4.78, 5) is 0. The summed E-state index contributed by atoms with van der Waals surface area (Å²) in [6.45, 7) is 7.71. The lowest BCUT2D eigenvalue weighted by Crippen LogP contribution is -2.48. The summed E-state index contributed by atoms with van der Waals surface area (Å²) in [5.41, 5.74) is 3.16. The molecule has 0 heterocycles. The normalized spacial score (nSPS) is 54.6. The molecule has 3 saturated carbocycles. The van der Waals surface area contributed by atoms with Gasteiger partial charge >= 0.3 is 0 Å². The number of rotatable bonds is 0. The third-order valence-electron chi connectivity index (χ3n) is 8.13. The highest BCUT2D eigenvalue weighted by molar-refractivity contribution is 5.24. The second-order valence-electron chi connectivity index (χ2n) is 9.19. The molecule has 112 valence electrons. The molecule has 4 aliphatic carbocycles. The smallest absolute Gasteiger partial charge is 0.00851 e. The van der Waals surface area contributed by atoms with Crippen LogP contribution in [0.3, 0.4) is 0 Å². The van der Waals surface area contributed by atoms with E-state index < -0.39 is 0 Å². The molecule has 0 N–H and O–H groups in total. The molecule has 0 aromatic heterocycles. The largest absolute Gasteiger partial charge is 0.0845 e. The van der Waals surface area contributed by atoms with Crippen LogP contribution in [-0.4, -0.2) is 0 Å². The lowest BCUT2D eigenvalue weighted by atomic mass is 9.48. The Hall–Kier alpha value is -0.260. The second kappa shape index (κ2) is 4.37. The third kappa shape index (κ3) is 1.72. The van der Waals surface area contributed by atoms with Crippen LogP contribution in [0.15, 0.2) is 11.6 Å². The van der Waals surface area contributed by atoms with Crippen LogP contribution in [0, 0.1) is 34.5 Å². The Balaban J connectivity index is 1.68. The van der Waals surface area contributed by atoms with Gasteiger partial charge < -0.3 is 0 Å². The van der Waals surface area contributed by atoms with E-state index >= 15 is 0 Å². The van der Waals surface area contributed by atoms with Crippen LogP contribution < -0.4 is 0 Å². The van der Waals surface area contributed by atoms with Crippen molar-refractivity contribution in [3.63, 3.8) is 0 Å². The van der Waals surface area contributed by atoms with Crippen molar-refractivity contribution >= 4 is 0 Å². The summed E-state index contributed by atoms with van der Waals surface area (Å²) >= 11 is 0. The van der Waals surface area contributed by atoms with E-state index in [2.05, 4.69) is 26.8 Å². The molecule has 0 saturated heterocycles. The minimum atomic E-state index is 0.583. The molecule has 0 bridgehead atoms. The summed E-state index contributed by atoms with van der Waals surface area (Å²) in [5, 5.41) is 0. The molecule has 0 amide bonds. The Morgan fingerprint density at radius 1 is 1.00 bits per heavy atom. The van der Waals surface area contributed by atoms with Crippen LogP contribution >= 0.6 is 0 Å². The summed E-state index contributed by atoms with van der Waals surface area (Å²) in [7, 11) is 0. The van der Waals surface area contributed by atoms with Gasteiger partial charge in [-0.15, -0.1) is 0 Å². The van der Waals surface area contributed by atoms with Crippen molar-refractivity contribution in [1.82, 2.24) is 0 Å². The zero-order chi connectivity index (χ0) is 14.0. The highest BCUT2D eigenvalue weighted by Crippen LogP contribution is 2.65. The van der Waals surface area contributed by atoms with Gasteiger partial charge in [-0.05, 0) is 85.9 Å². The van der Waals surface area contributed by atoms with Crippen molar-refractivity contribution in [1.29, 1.82) is 0 Å². The molecule has 0 nitrogen and oxygen atoms in total. The number of allylic oxidation sites excluding steroid dienone is 2. The van der Waals surface area contributed by atoms with Gasteiger partial charge in [0.15, 0.2) is 0 Å². The molecule has 0 heteroatoms. The first kappa shape index (κ1) is 13.4. The topological polar surface area (TPSA) is 0 Å². The van der Waals surface area contributed by atoms with E-state index in [1.165, 1.54) is 57.8 Å². The maximum atomic E-state index is 2.71. The minimum absolute atomic E-state index is 0.583. The van der Waals surface area contributed by atoms with Gasteiger partial charge in [0.1, 0.15) is 0 Å². The van der Waals surface area contributed by atoms with E-state index in [1.807, 2.05) is 5.57 Å². The molecular formula is C20H32. The fourth-order valence-corrected chi connectivity index (χ4v) is 6.84. The Labute approximate surface area is 125 Å². The average molecular weight is 272 g/mol. The van der Waals surface area contributed by atoms with E-state index in [-0.39, 0.29) is 0 Å². The van der Waals surface area contributed by atoms with Crippen LogP contribution in [0.25, 0.3) is 0 Å². The maximum absolute atomic E-state index is 2.71. The fourth-order valence-electron chi connectivity index (χ4n) is 6.84. The van der Waals surface area contributed by atoms with Gasteiger partial charge in [-0.25, -0.2) is 0 Å². The Morgan fingerprint density at radius 2 is 1.85 bits per heavy atom. The molecule has 4 aliphatic rings. The van der Waals surface area contributed by atoms with Crippen LogP contribution in [0.2, 0.25) is 0 Å². The van der Waals surface area contributed by atoms with E-state index in [4.69, 9.17) is 0 Å². The summed E-state index contributed by atoms with van der Waals surface area (Å²) in [6.07, 6.45) is 16.1. The Morgan fingerprint density at radius 3 is 2.70 bits per heavy atom. The van der Waals surface area contributed by atoms with Crippen LogP contribution in [0.1, 0.15) is 78.6 Å². The van der Waals surface area contributed by atoms with E-state index in [1.54, 1.807) is 0 Å². The second-order valence-corrected chi connectivity index (χ2v) is 9.19. The highest BCUT2D eigenvalue weighted by atomic mass is 14.6. The molecule has 0 spiro atoms. The molecule has 4 rings (SSSR count). The number of hydrogen-bond donors (Lipinski definition) is 0. The van der Waals surface area contributed by atoms with Gasteiger partial charge in [0.25, 0.3) is 0 Å². The molecule has 0 aliphatic heterocycles. The summed E-state index contributed by atoms with van der Waals surface area (Å²) in [5.74, 6) is 4.03. The summed E-state index contributed by atoms with van der Waals surface area (Å²) < 4.78 is 0. The van der Waals surface area contributed by atoms with Crippen LogP contribution in [0.4, 0.5) is 0 Å². The van der Waals surface area contributed by atoms with Gasteiger partial charge in [0.2, 0.25) is 0 Å². The van der Waals surface area contributed by atoms with Crippen molar-refractivity contribution in [3.05, 3.63) is 11.6 Å². The van der Waals surface area contributed by atoms with Gasteiger partial charge in [-0.1, -0.05) is 38.8 Å². The zero-order valence-electron chi connectivity index (χ0n) is 13.8. The van der Waals surface area contributed by atoms with Crippen molar-refractivity contribution < 1.29 is 0 Å². The molecule has 3 fully saturated rings. The molecule has 0 radical (unpaired) electrons. The molecular weight excluding hydrogens is 240 g/mol. The van der Waals surface area contributed by atoms with Crippen molar-refractivity contribution in [3.8, 4) is 0 Å².